The Labute approximate surface area is 151 Å². The van der Waals surface area contributed by atoms with Gasteiger partial charge in [-0.3, -0.25) is 4.79 Å². The summed E-state index contributed by atoms with van der Waals surface area (Å²) in [4.78, 5) is 12.9. The van der Waals surface area contributed by atoms with Crippen LogP contribution in [0.2, 0.25) is 0 Å². The highest BCUT2D eigenvalue weighted by atomic mass is 16.5. The molecule has 1 amide bonds. The van der Waals surface area contributed by atoms with Crippen LogP contribution in [0.1, 0.15) is 56.8 Å². The van der Waals surface area contributed by atoms with Crippen LogP contribution >= 0.6 is 0 Å². The van der Waals surface area contributed by atoms with Crippen molar-refractivity contribution in [3.8, 4) is 17.2 Å². The molecule has 2 atom stereocenters. The van der Waals surface area contributed by atoms with E-state index >= 15 is 0 Å². The average Bonchev–Trinajstić information content (AvgIpc) is 2.59. The molecular formula is C20H31NO4. The van der Waals surface area contributed by atoms with Crippen molar-refractivity contribution in [2.24, 2.45) is 11.3 Å². The highest BCUT2D eigenvalue weighted by Crippen LogP contribution is 2.40. The van der Waals surface area contributed by atoms with E-state index in [-0.39, 0.29) is 17.4 Å². The monoisotopic (exact) mass is 349 g/mol. The van der Waals surface area contributed by atoms with Gasteiger partial charge in [-0.2, -0.15) is 0 Å². The van der Waals surface area contributed by atoms with E-state index in [1.54, 1.807) is 33.5 Å². The molecule has 5 heteroatoms. The number of ether oxygens (including phenoxy) is 3. The maximum atomic E-state index is 12.9. The van der Waals surface area contributed by atoms with Crippen LogP contribution in [0.3, 0.4) is 0 Å². The van der Waals surface area contributed by atoms with Gasteiger partial charge in [0.2, 0.25) is 5.75 Å². The number of rotatable bonds is 5. The van der Waals surface area contributed by atoms with E-state index in [4.69, 9.17) is 14.2 Å². The summed E-state index contributed by atoms with van der Waals surface area (Å²) in [5.74, 6) is 1.85. The maximum absolute atomic E-state index is 12.9. The number of benzene rings is 1. The largest absolute Gasteiger partial charge is 0.493 e. The van der Waals surface area contributed by atoms with Gasteiger partial charge < -0.3 is 19.5 Å². The third kappa shape index (κ3) is 4.39. The van der Waals surface area contributed by atoms with Gasteiger partial charge in [-0.05, 0) is 36.3 Å². The van der Waals surface area contributed by atoms with Gasteiger partial charge in [0.1, 0.15) is 0 Å². The van der Waals surface area contributed by atoms with E-state index in [1.165, 1.54) is 6.42 Å². The van der Waals surface area contributed by atoms with Crippen molar-refractivity contribution in [1.82, 2.24) is 5.32 Å². The van der Waals surface area contributed by atoms with Crippen LogP contribution in [0.15, 0.2) is 12.1 Å². The smallest absolute Gasteiger partial charge is 0.251 e. The minimum absolute atomic E-state index is 0.0968. The van der Waals surface area contributed by atoms with Crippen molar-refractivity contribution in [2.75, 3.05) is 21.3 Å². The number of amides is 1. The molecule has 5 nitrogen and oxygen atoms in total. The summed E-state index contributed by atoms with van der Waals surface area (Å²) in [6.07, 6.45) is 4.58. The highest BCUT2D eigenvalue weighted by Gasteiger charge is 2.35. The van der Waals surface area contributed by atoms with Gasteiger partial charge >= 0.3 is 0 Å². The van der Waals surface area contributed by atoms with Crippen LogP contribution in [-0.2, 0) is 0 Å². The Hall–Kier alpha value is -1.91. The zero-order valence-corrected chi connectivity index (χ0v) is 16.3. The Morgan fingerprint density at radius 1 is 1.00 bits per heavy atom. The van der Waals surface area contributed by atoms with Crippen LogP contribution < -0.4 is 19.5 Å². The van der Waals surface area contributed by atoms with Crippen LogP contribution in [0.25, 0.3) is 0 Å². The van der Waals surface area contributed by atoms with Crippen molar-refractivity contribution in [1.29, 1.82) is 0 Å². The molecule has 0 saturated heterocycles. The second kappa shape index (κ2) is 7.98. The normalized spacial score (nSPS) is 20.7. The molecule has 1 aliphatic carbocycles. The Bertz CT molecular complexity index is 581. The van der Waals surface area contributed by atoms with Crippen molar-refractivity contribution in [3.05, 3.63) is 17.7 Å². The molecule has 1 saturated carbocycles. The van der Waals surface area contributed by atoms with Crippen LogP contribution in [0.4, 0.5) is 0 Å². The summed E-state index contributed by atoms with van der Waals surface area (Å²) < 4.78 is 16.0. The molecule has 0 heterocycles. The van der Waals surface area contributed by atoms with Crippen molar-refractivity contribution in [3.63, 3.8) is 0 Å². The van der Waals surface area contributed by atoms with Crippen molar-refractivity contribution in [2.45, 2.75) is 52.5 Å². The first-order valence-corrected chi connectivity index (χ1v) is 8.92. The summed E-state index contributed by atoms with van der Waals surface area (Å²) in [6.45, 7) is 6.75. The predicted octanol–water partition coefficient (Wildman–Crippen LogP) is 4.05. The lowest BCUT2D eigenvalue weighted by molar-refractivity contribution is 0.0829. The SMILES string of the molecule is COc1cc(C(=O)NC2CCCCC2C(C)(C)C)cc(OC)c1OC. The van der Waals surface area contributed by atoms with Gasteiger partial charge in [0, 0.05) is 11.6 Å². The summed E-state index contributed by atoms with van der Waals surface area (Å²) in [6, 6.07) is 3.59. The Kier molecular flexibility index (Phi) is 6.20. The molecule has 0 radical (unpaired) electrons. The molecule has 1 aromatic rings. The summed E-state index contributed by atoms with van der Waals surface area (Å²) >= 11 is 0. The van der Waals surface area contributed by atoms with E-state index in [9.17, 15) is 4.79 Å². The lowest BCUT2D eigenvalue weighted by Gasteiger charge is -2.40. The zero-order valence-electron chi connectivity index (χ0n) is 16.3. The summed E-state index contributed by atoms with van der Waals surface area (Å²) in [7, 11) is 4.65. The van der Waals surface area contributed by atoms with Crippen molar-refractivity contribution >= 4 is 5.91 Å². The van der Waals surface area contributed by atoms with Gasteiger partial charge in [0.15, 0.2) is 11.5 Å². The van der Waals surface area contributed by atoms with Gasteiger partial charge in [0.05, 0.1) is 21.3 Å². The van der Waals surface area contributed by atoms with E-state index < -0.39 is 0 Å². The third-order valence-corrected chi connectivity index (χ3v) is 5.12. The van der Waals surface area contributed by atoms with Gasteiger partial charge in [-0.1, -0.05) is 33.6 Å². The second-order valence-corrected chi connectivity index (χ2v) is 7.75. The fourth-order valence-corrected chi connectivity index (χ4v) is 3.80. The standard InChI is InChI=1S/C20H31NO4/c1-20(2,3)14-9-7-8-10-15(14)21-19(22)13-11-16(23-4)18(25-6)17(12-13)24-5/h11-12,14-15H,7-10H2,1-6H3,(H,21,22). The van der Waals surface area contributed by atoms with Crippen LogP contribution in [0, 0.1) is 11.3 Å². The molecule has 2 rings (SSSR count). The quantitative estimate of drug-likeness (QED) is 0.871. The maximum Gasteiger partial charge on any atom is 0.251 e. The number of nitrogens with one attached hydrogen (secondary N) is 1. The summed E-state index contributed by atoms with van der Waals surface area (Å²) in [5, 5.41) is 3.24. The molecule has 25 heavy (non-hydrogen) atoms. The zero-order chi connectivity index (χ0) is 18.6. The molecular weight excluding hydrogens is 318 g/mol. The number of carbonyl (C=O) groups is 1. The molecule has 1 fully saturated rings. The highest BCUT2D eigenvalue weighted by molar-refractivity contribution is 5.95. The Morgan fingerprint density at radius 2 is 1.56 bits per heavy atom. The molecule has 1 aliphatic rings. The average molecular weight is 349 g/mol. The van der Waals surface area contributed by atoms with Crippen molar-refractivity contribution < 1.29 is 19.0 Å². The first kappa shape index (κ1) is 19.4. The molecule has 0 bridgehead atoms. The van der Waals surface area contributed by atoms with E-state index in [0.717, 1.165) is 19.3 Å². The molecule has 0 aromatic heterocycles. The van der Waals surface area contributed by atoms with E-state index in [2.05, 4.69) is 26.1 Å². The summed E-state index contributed by atoms with van der Waals surface area (Å²) in [5.41, 5.74) is 0.695. The topological polar surface area (TPSA) is 56.8 Å². The first-order chi connectivity index (χ1) is 11.8. The van der Waals surface area contributed by atoms with E-state index in [0.29, 0.717) is 28.7 Å². The van der Waals surface area contributed by atoms with Gasteiger partial charge in [-0.15, -0.1) is 0 Å². The minimum Gasteiger partial charge on any atom is -0.493 e. The molecule has 2 unspecified atom stereocenters. The second-order valence-electron chi connectivity index (χ2n) is 7.75. The molecule has 1 N–H and O–H groups in total. The predicted molar refractivity (Wildman–Crippen MR) is 98.8 cm³/mol. The van der Waals surface area contributed by atoms with Crippen LogP contribution in [-0.4, -0.2) is 33.3 Å². The molecule has 0 aliphatic heterocycles. The number of methoxy groups -OCH3 is 3. The van der Waals surface area contributed by atoms with E-state index in [1.807, 2.05) is 0 Å². The minimum atomic E-state index is -0.0968. The van der Waals surface area contributed by atoms with Crippen LogP contribution in [0.5, 0.6) is 17.2 Å². The lowest BCUT2D eigenvalue weighted by atomic mass is 9.69. The molecule has 140 valence electrons. The van der Waals surface area contributed by atoms with Gasteiger partial charge in [-0.25, -0.2) is 0 Å². The lowest BCUT2D eigenvalue weighted by Crippen LogP contribution is -2.46. The Balaban J connectivity index is 2.25. The number of hydrogen-bond donors (Lipinski definition) is 1. The number of hydrogen-bond acceptors (Lipinski definition) is 4. The Morgan fingerprint density at radius 3 is 2.04 bits per heavy atom. The molecule has 0 spiro atoms. The molecule has 1 aromatic carbocycles. The fourth-order valence-electron chi connectivity index (χ4n) is 3.80. The van der Waals surface area contributed by atoms with Gasteiger partial charge in [0.25, 0.3) is 5.91 Å². The fraction of sp³-hybridized carbons (Fsp3) is 0.650. The first-order valence-electron chi connectivity index (χ1n) is 8.92. The number of carbonyl (C=O) groups excluding carboxylic acids is 1. The third-order valence-electron chi connectivity index (χ3n) is 5.12.